The number of amides is 1. The van der Waals surface area contributed by atoms with E-state index in [0.29, 0.717) is 11.4 Å². The molecule has 2 aliphatic heterocycles. The van der Waals surface area contributed by atoms with Gasteiger partial charge in [-0.3, -0.25) is 10.1 Å². The van der Waals surface area contributed by atoms with Crippen molar-refractivity contribution in [2.45, 2.75) is 38.3 Å². The van der Waals surface area contributed by atoms with Gasteiger partial charge in [-0.05, 0) is 6.42 Å². The molecular weight excluding hydrogens is 252 g/mol. The van der Waals surface area contributed by atoms with Crippen molar-refractivity contribution in [3.8, 4) is 0 Å². The van der Waals surface area contributed by atoms with Crippen LogP contribution in [0.15, 0.2) is 0 Å². The fraction of sp³-hybridized carbons (Fsp3) is 0.778. The minimum Gasteiger partial charge on any atom is -0.351 e. The third-order valence-electron chi connectivity index (χ3n) is 3.07. The Bertz CT molecular complexity index is 412. The molecular formula is C9H15ClN2O3S. The van der Waals surface area contributed by atoms with Crippen LogP contribution in [-0.2, 0) is 15.1 Å². The Labute approximate surface area is 102 Å². The fourth-order valence-electron chi connectivity index (χ4n) is 2.38. The van der Waals surface area contributed by atoms with Gasteiger partial charge in [-0.15, -0.1) is 12.4 Å². The molecule has 92 valence electrons. The summed E-state index contributed by atoms with van der Waals surface area (Å²) < 4.78 is 21.5. The first-order valence-electron chi connectivity index (χ1n) is 5.15. The molecule has 5 nitrogen and oxygen atoms in total. The number of hydrogen-bond donors (Lipinski definition) is 2. The summed E-state index contributed by atoms with van der Waals surface area (Å²) in [6, 6.07) is -0.0766. The number of carbonyl (C=O) groups excluding carboxylic acids is 1. The zero-order valence-electron chi connectivity index (χ0n) is 8.89. The summed E-state index contributed by atoms with van der Waals surface area (Å²) in [4.78, 5) is 11.9. The van der Waals surface area contributed by atoms with E-state index in [1.165, 1.54) is 0 Å². The van der Waals surface area contributed by atoms with Gasteiger partial charge in [-0.2, -0.15) is 8.42 Å². The molecule has 2 N–H and O–H groups in total. The minimum atomic E-state index is -2.18. The molecule has 7 heteroatoms. The second kappa shape index (κ2) is 5.16. The largest absolute Gasteiger partial charge is 0.351 e. The molecule has 3 atom stereocenters. The van der Waals surface area contributed by atoms with Crippen LogP contribution in [0.25, 0.3) is 0 Å². The maximum absolute atomic E-state index is 11.5. The van der Waals surface area contributed by atoms with Gasteiger partial charge in [0.15, 0.2) is 0 Å². The second-order valence-electron chi connectivity index (χ2n) is 4.04. The first kappa shape index (κ1) is 13.5. The molecule has 0 radical (unpaired) electrons. The van der Waals surface area contributed by atoms with Crippen molar-refractivity contribution in [3.63, 3.8) is 0 Å². The lowest BCUT2D eigenvalue weighted by molar-refractivity contribution is -0.123. The van der Waals surface area contributed by atoms with Crippen molar-refractivity contribution in [1.82, 2.24) is 10.6 Å². The number of rotatable bonds is 2. The van der Waals surface area contributed by atoms with Crippen LogP contribution >= 0.6 is 12.4 Å². The van der Waals surface area contributed by atoms with Gasteiger partial charge < -0.3 is 5.32 Å². The molecule has 0 spiro atoms. The summed E-state index contributed by atoms with van der Waals surface area (Å²) in [5.41, 5.74) is 0. The van der Waals surface area contributed by atoms with Gasteiger partial charge in [0.1, 0.15) is 4.99 Å². The van der Waals surface area contributed by atoms with E-state index in [9.17, 15) is 13.2 Å². The summed E-state index contributed by atoms with van der Waals surface area (Å²) in [5, 5.41) is 5.78. The van der Waals surface area contributed by atoms with Crippen molar-refractivity contribution in [2.24, 2.45) is 5.92 Å². The third-order valence-corrected chi connectivity index (χ3v) is 3.75. The van der Waals surface area contributed by atoms with E-state index in [0.717, 1.165) is 12.8 Å². The molecule has 0 aliphatic carbocycles. The van der Waals surface area contributed by atoms with E-state index in [1.807, 2.05) is 6.92 Å². The molecule has 2 aliphatic rings. The Morgan fingerprint density at radius 1 is 1.38 bits per heavy atom. The monoisotopic (exact) mass is 266 g/mol. The minimum absolute atomic E-state index is 0. The molecule has 2 saturated heterocycles. The summed E-state index contributed by atoms with van der Waals surface area (Å²) in [6.07, 6.45) is 2.14. The zero-order chi connectivity index (χ0) is 11.0. The quantitative estimate of drug-likeness (QED) is 0.673. The molecule has 16 heavy (non-hydrogen) atoms. The van der Waals surface area contributed by atoms with Crippen molar-refractivity contribution >= 4 is 33.6 Å². The zero-order valence-corrected chi connectivity index (χ0v) is 10.5. The summed E-state index contributed by atoms with van der Waals surface area (Å²) >= 11 is 0. The van der Waals surface area contributed by atoms with Gasteiger partial charge >= 0.3 is 0 Å². The van der Waals surface area contributed by atoms with E-state index in [2.05, 4.69) is 10.6 Å². The van der Waals surface area contributed by atoms with Crippen LogP contribution in [-0.4, -0.2) is 31.4 Å². The molecule has 0 aromatic rings. The maximum Gasteiger partial charge on any atom is 0.228 e. The normalized spacial score (nSPS) is 31.9. The van der Waals surface area contributed by atoms with Crippen LogP contribution < -0.4 is 10.6 Å². The third kappa shape index (κ3) is 2.23. The van der Waals surface area contributed by atoms with Gasteiger partial charge in [0.25, 0.3) is 0 Å². The average molecular weight is 267 g/mol. The van der Waals surface area contributed by atoms with Crippen molar-refractivity contribution in [1.29, 1.82) is 0 Å². The molecule has 0 aromatic heterocycles. The van der Waals surface area contributed by atoms with Gasteiger partial charge in [0, 0.05) is 12.5 Å². The highest BCUT2D eigenvalue weighted by Gasteiger charge is 2.46. The van der Waals surface area contributed by atoms with Gasteiger partial charge in [0.05, 0.1) is 12.0 Å². The van der Waals surface area contributed by atoms with Crippen LogP contribution in [0.4, 0.5) is 0 Å². The van der Waals surface area contributed by atoms with E-state index >= 15 is 0 Å². The Balaban J connectivity index is 0.00000128. The molecule has 2 heterocycles. The summed E-state index contributed by atoms with van der Waals surface area (Å²) in [5.74, 6) is -0.0314. The molecule has 0 bridgehead atoms. The van der Waals surface area contributed by atoms with Gasteiger partial charge in [-0.25, -0.2) is 0 Å². The van der Waals surface area contributed by atoms with Crippen LogP contribution in [0.3, 0.4) is 0 Å². The van der Waals surface area contributed by atoms with Crippen LogP contribution in [0.5, 0.6) is 0 Å². The Morgan fingerprint density at radius 2 is 2.06 bits per heavy atom. The topological polar surface area (TPSA) is 75.3 Å². The highest BCUT2D eigenvalue weighted by molar-refractivity contribution is 7.72. The predicted molar refractivity (Wildman–Crippen MR) is 63.0 cm³/mol. The maximum atomic E-state index is 11.5. The molecule has 1 amide bonds. The number of hydrogen-bond acceptors (Lipinski definition) is 3. The van der Waals surface area contributed by atoms with Gasteiger partial charge in [-0.1, -0.05) is 13.3 Å². The lowest BCUT2D eigenvalue weighted by Gasteiger charge is -2.13. The van der Waals surface area contributed by atoms with Crippen molar-refractivity contribution in [2.75, 3.05) is 0 Å². The van der Waals surface area contributed by atoms with E-state index < -0.39 is 10.3 Å². The lowest BCUT2D eigenvalue weighted by Crippen LogP contribution is -2.35. The Kier molecular flexibility index (Phi) is 4.35. The van der Waals surface area contributed by atoms with Crippen molar-refractivity contribution in [3.05, 3.63) is 0 Å². The standard InChI is InChI=1S/C9H14N2O3S.ClH/c1-2-3-5-8-6(10-9(5)12)4-7(11-8)15(13)14;/h5-6,8,11H,2-4H2,1H3,(H,10,12);1H. The summed E-state index contributed by atoms with van der Waals surface area (Å²) in [7, 11) is -2.18. The highest BCUT2D eigenvalue weighted by atomic mass is 35.5. The number of halogens is 1. The average Bonchev–Trinajstić information content (AvgIpc) is 2.67. The van der Waals surface area contributed by atoms with Crippen LogP contribution in [0, 0.1) is 5.92 Å². The Morgan fingerprint density at radius 3 is 2.62 bits per heavy atom. The molecule has 3 unspecified atom stereocenters. The molecule has 0 aromatic carbocycles. The second-order valence-corrected chi connectivity index (χ2v) is 5.00. The highest BCUT2D eigenvalue weighted by Crippen LogP contribution is 2.26. The molecule has 2 rings (SSSR count). The van der Waals surface area contributed by atoms with E-state index in [-0.39, 0.29) is 36.3 Å². The van der Waals surface area contributed by atoms with E-state index in [1.54, 1.807) is 0 Å². The van der Waals surface area contributed by atoms with Crippen molar-refractivity contribution < 1.29 is 13.2 Å². The van der Waals surface area contributed by atoms with Crippen LogP contribution in [0.2, 0.25) is 0 Å². The SMILES string of the molecule is CCCC1C(=O)NC2CC(=S(=O)=O)NC21.Cl. The fourth-order valence-corrected chi connectivity index (χ4v) is 2.93. The molecule has 0 saturated carbocycles. The smallest absolute Gasteiger partial charge is 0.228 e. The predicted octanol–water partition coefficient (Wildman–Crippen LogP) is -0.306. The first-order chi connectivity index (χ1) is 7.13. The molecule has 2 fully saturated rings. The first-order valence-corrected chi connectivity index (χ1v) is 6.23. The Hall–Kier alpha value is -0.590. The van der Waals surface area contributed by atoms with E-state index in [4.69, 9.17) is 0 Å². The van der Waals surface area contributed by atoms with Gasteiger partial charge in [0.2, 0.25) is 16.2 Å². The number of nitrogens with one attached hydrogen (secondary N) is 2. The number of carbonyl (C=O) groups is 1. The summed E-state index contributed by atoms with van der Waals surface area (Å²) in [6.45, 7) is 2.02. The van der Waals surface area contributed by atoms with Crippen LogP contribution in [0.1, 0.15) is 26.2 Å². The lowest BCUT2D eigenvalue weighted by atomic mass is 9.95. The number of fused-ring (bicyclic) bond motifs is 1.